The lowest BCUT2D eigenvalue weighted by Gasteiger charge is -2.09. The van der Waals surface area contributed by atoms with Gasteiger partial charge in [-0.3, -0.25) is 14.5 Å². The summed E-state index contributed by atoms with van der Waals surface area (Å²) in [5, 5.41) is 7.11. The van der Waals surface area contributed by atoms with Crippen LogP contribution in [0.15, 0.2) is 55.0 Å². The Morgan fingerprint density at radius 3 is 2.78 bits per heavy atom. The van der Waals surface area contributed by atoms with E-state index in [1.165, 1.54) is 0 Å². The van der Waals surface area contributed by atoms with E-state index in [9.17, 15) is 4.79 Å². The molecule has 1 amide bonds. The Labute approximate surface area is 135 Å². The highest BCUT2D eigenvalue weighted by molar-refractivity contribution is 5.95. The minimum absolute atomic E-state index is 0.0750. The predicted molar refractivity (Wildman–Crippen MR) is 88.8 cm³/mol. The van der Waals surface area contributed by atoms with Crippen molar-refractivity contribution >= 4 is 5.91 Å². The van der Waals surface area contributed by atoms with Crippen molar-refractivity contribution in [1.82, 2.24) is 20.1 Å². The molecule has 0 fully saturated rings. The molecule has 5 heteroatoms. The number of hydrogen-bond acceptors (Lipinski definition) is 3. The number of rotatable bonds is 4. The van der Waals surface area contributed by atoms with Gasteiger partial charge in [0.15, 0.2) is 0 Å². The summed E-state index contributed by atoms with van der Waals surface area (Å²) in [6, 6.07) is 11.5. The number of aromatic nitrogens is 3. The second-order valence-corrected chi connectivity index (χ2v) is 5.42. The summed E-state index contributed by atoms with van der Waals surface area (Å²) in [4.78, 5) is 16.5. The lowest BCUT2D eigenvalue weighted by atomic mass is 10.1. The maximum absolute atomic E-state index is 12.3. The van der Waals surface area contributed by atoms with E-state index in [2.05, 4.69) is 15.4 Å². The van der Waals surface area contributed by atoms with Gasteiger partial charge in [0.25, 0.3) is 5.91 Å². The topological polar surface area (TPSA) is 59.8 Å². The Morgan fingerprint density at radius 1 is 1.22 bits per heavy atom. The summed E-state index contributed by atoms with van der Waals surface area (Å²) in [7, 11) is 1.89. The lowest BCUT2D eigenvalue weighted by Crippen LogP contribution is -2.23. The molecular weight excluding hydrogens is 288 g/mol. The normalized spacial score (nSPS) is 10.5. The van der Waals surface area contributed by atoms with Crippen molar-refractivity contribution in [3.8, 4) is 11.3 Å². The number of carbonyl (C=O) groups is 1. The largest absolute Gasteiger partial charge is 0.348 e. The van der Waals surface area contributed by atoms with Crippen molar-refractivity contribution in [2.24, 2.45) is 7.05 Å². The van der Waals surface area contributed by atoms with Gasteiger partial charge in [0.1, 0.15) is 0 Å². The van der Waals surface area contributed by atoms with Crippen LogP contribution in [0.4, 0.5) is 0 Å². The highest BCUT2D eigenvalue weighted by Gasteiger charge is 2.09. The van der Waals surface area contributed by atoms with Crippen LogP contribution in [-0.4, -0.2) is 20.7 Å². The molecule has 3 aromatic rings. The third-order valence-corrected chi connectivity index (χ3v) is 3.75. The third kappa shape index (κ3) is 3.29. The van der Waals surface area contributed by atoms with Gasteiger partial charge >= 0.3 is 0 Å². The van der Waals surface area contributed by atoms with Crippen LogP contribution >= 0.6 is 0 Å². The van der Waals surface area contributed by atoms with Gasteiger partial charge in [-0.25, -0.2) is 0 Å². The number of amides is 1. The van der Waals surface area contributed by atoms with Gasteiger partial charge in [-0.1, -0.05) is 18.2 Å². The minimum atomic E-state index is -0.0750. The molecule has 0 unspecified atom stereocenters. The van der Waals surface area contributed by atoms with E-state index in [4.69, 9.17) is 0 Å². The zero-order valence-corrected chi connectivity index (χ0v) is 13.2. The molecule has 23 heavy (non-hydrogen) atoms. The molecule has 2 heterocycles. The molecule has 0 radical (unpaired) electrons. The maximum Gasteiger partial charge on any atom is 0.251 e. The predicted octanol–water partition coefficient (Wildman–Crippen LogP) is 2.72. The standard InChI is InChI=1S/C18H18N4O/c1-13-5-3-4-6-16(13)18(23)20-11-14-9-15(12-19-10-14)17-7-8-21-22(17)2/h3-10,12H,11H2,1-2H3,(H,20,23). The molecule has 116 valence electrons. The van der Waals surface area contributed by atoms with Gasteiger partial charge < -0.3 is 5.32 Å². The minimum Gasteiger partial charge on any atom is -0.348 e. The first-order chi connectivity index (χ1) is 11.1. The number of nitrogens with one attached hydrogen (secondary N) is 1. The van der Waals surface area contributed by atoms with Crippen LogP contribution in [0.3, 0.4) is 0 Å². The van der Waals surface area contributed by atoms with E-state index in [0.29, 0.717) is 12.1 Å². The summed E-state index contributed by atoms with van der Waals surface area (Å²) < 4.78 is 1.80. The van der Waals surface area contributed by atoms with Crippen LogP contribution in [0.25, 0.3) is 11.3 Å². The average Bonchev–Trinajstić information content (AvgIpc) is 2.99. The Bertz CT molecular complexity index is 838. The Balaban J connectivity index is 1.73. The molecule has 0 aliphatic carbocycles. The van der Waals surface area contributed by atoms with Crippen LogP contribution < -0.4 is 5.32 Å². The molecule has 0 saturated heterocycles. The van der Waals surface area contributed by atoms with Gasteiger partial charge in [0.05, 0.1) is 5.69 Å². The first-order valence-corrected chi connectivity index (χ1v) is 7.41. The van der Waals surface area contributed by atoms with E-state index in [0.717, 1.165) is 22.4 Å². The summed E-state index contributed by atoms with van der Waals surface area (Å²) in [5.74, 6) is -0.0750. The van der Waals surface area contributed by atoms with Gasteiger partial charge in [-0.15, -0.1) is 0 Å². The van der Waals surface area contributed by atoms with Crippen LogP contribution in [0, 0.1) is 6.92 Å². The highest BCUT2D eigenvalue weighted by atomic mass is 16.1. The zero-order chi connectivity index (χ0) is 16.2. The lowest BCUT2D eigenvalue weighted by molar-refractivity contribution is 0.0950. The Morgan fingerprint density at radius 2 is 2.04 bits per heavy atom. The SMILES string of the molecule is Cc1ccccc1C(=O)NCc1cncc(-c2ccnn2C)c1. The molecule has 1 aromatic carbocycles. The number of benzene rings is 1. The van der Waals surface area contributed by atoms with Crippen molar-refractivity contribution < 1.29 is 4.79 Å². The smallest absolute Gasteiger partial charge is 0.251 e. The Kier molecular flexibility index (Phi) is 4.19. The second-order valence-electron chi connectivity index (χ2n) is 5.42. The summed E-state index contributed by atoms with van der Waals surface area (Å²) in [5.41, 5.74) is 4.58. The third-order valence-electron chi connectivity index (χ3n) is 3.75. The fourth-order valence-corrected chi connectivity index (χ4v) is 2.49. The zero-order valence-electron chi connectivity index (χ0n) is 13.2. The number of pyridine rings is 1. The first kappa shape index (κ1) is 15.0. The second kappa shape index (κ2) is 6.44. The van der Waals surface area contributed by atoms with Crippen LogP contribution in [0.5, 0.6) is 0 Å². The number of carbonyl (C=O) groups excluding carboxylic acids is 1. The number of aryl methyl sites for hydroxylation is 2. The number of hydrogen-bond donors (Lipinski definition) is 1. The van der Waals surface area contributed by atoms with Gasteiger partial charge in [-0.2, -0.15) is 5.10 Å². The molecule has 0 bridgehead atoms. The molecule has 0 saturated carbocycles. The van der Waals surface area contributed by atoms with Crippen LogP contribution in [-0.2, 0) is 13.6 Å². The molecule has 3 rings (SSSR count). The van der Waals surface area contributed by atoms with Gasteiger partial charge in [0.2, 0.25) is 0 Å². The maximum atomic E-state index is 12.3. The van der Waals surface area contributed by atoms with E-state index in [1.807, 2.05) is 50.4 Å². The molecule has 0 spiro atoms. The molecule has 0 aliphatic heterocycles. The van der Waals surface area contributed by atoms with E-state index < -0.39 is 0 Å². The molecule has 1 N–H and O–H groups in total. The Hall–Kier alpha value is -2.95. The molecule has 2 aromatic heterocycles. The van der Waals surface area contributed by atoms with E-state index in [-0.39, 0.29) is 5.91 Å². The number of nitrogens with zero attached hydrogens (tertiary/aromatic N) is 3. The molecule has 5 nitrogen and oxygen atoms in total. The average molecular weight is 306 g/mol. The summed E-state index contributed by atoms with van der Waals surface area (Å²) in [6.07, 6.45) is 5.31. The monoisotopic (exact) mass is 306 g/mol. The van der Waals surface area contributed by atoms with E-state index in [1.54, 1.807) is 23.3 Å². The van der Waals surface area contributed by atoms with Crippen LogP contribution in [0.2, 0.25) is 0 Å². The molecule has 0 atom stereocenters. The highest BCUT2D eigenvalue weighted by Crippen LogP contribution is 2.18. The van der Waals surface area contributed by atoms with Crippen molar-refractivity contribution in [1.29, 1.82) is 0 Å². The van der Waals surface area contributed by atoms with Crippen molar-refractivity contribution in [2.45, 2.75) is 13.5 Å². The van der Waals surface area contributed by atoms with Crippen molar-refractivity contribution in [3.63, 3.8) is 0 Å². The van der Waals surface area contributed by atoms with Gasteiger partial charge in [-0.05, 0) is 36.2 Å². The van der Waals surface area contributed by atoms with Gasteiger partial charge in [0, 0.05) is 43.3 Å². The summed E-state index contributed by atoms with van der Waals surface area (Å²) >= 11 is 0. The van der Waals surface area contributed by atoms with Crippen molar-refractivity contribution in [3.05, 3.63) is 71.7 Å². The fraction of sp³-hybridized carbons (Fsp3) is 0.167. The fourth-order valence-electron chi connectivity index (χ4n) is 2.49. The molecule has 0 aliphatic rings. The van der Waals surface area contributed by atoms with Crippen LogP contribution in [0.1, 0.15) is 21.5 Å². The first-order valence-electron chi connectivity index (χ1n) is 7.41. The van der Waals surface area contributed by atoms with Crippen molar-refractivity contribution in [2.75, 3.05) is 0 Å². The van der Waals surface area contributed by atoms with E-state index >= 15 is 0 Å². The molecular formula is C18H18N4O. The quantitative estimate of drug-likeness (QED) is 0.806. The summed E-state index contributed by atoms with van der Waals surface area (Å²) in [6.45, 7) is 2.37.